The maximum Gasteiger partial charge on any atom is 0.416 e. The summed E-state index contributed by atoms with van der Waals surface area (Å²) in [4.78, 5) is 0. The van der Waals surface area contributed by atoms with Crippen molar-refractivity contribution in [1.82, 2.24) is 5.27 Å². The zero-order chi connectivity index (χ0) is 28.7. The van der Waals surface area contributed by atoms with E-state index in [9.17, 15) is 31.4 Å². The van der Waals surface area contributed by atoms with Crippen LogP contribution in [0.4, 0.5) is 26.3 Å². The van der Waals surface area contributed by atoms with Crippen molar-refractivity contribution in [2.24, 2.45) is 0 Å². The Morgan fingerprint density at radius 2 is 1.10 bits per heavy atom. The topological polar surface area (TPSA) is 62.2 Å². The van der Waals surface area contributed by atoms with Crippen molar-refractivity contribution in [3.05, 3.63) is 102 Å². The molecule has 0 aliphatic rings. The van der Waals surface area contributed by atoms with Crippen LogP contribution < -0.4 is 14.5 Å². The molecule has 0 aliphatic carbocycles. The highest BCUT2D eigenvalue weighted by atomic mass is 19.4. The third-order valence-corrected chi connectivity index (χ3v) is 6.23. The van der Waals surface area contributed by atoms with Gasteiger partial charge in [-0.2, -0.15) is 26.3 Å². The SMILES string of the molecule is COc1ccc(-c2ccc(-[n+]3noc([O-])c3-c3ccc(-c4cc(C(F)(F)F)cc(C(F)(F)F)c4)cc3)cc2)cc1. The van der Waals surface area contributed by atoms with E-state index >= 15 is 0 Å². The van der Waals surface area contributed by atoms with Gasteiger partial charge in [-0.1, -0.05) is 24.3 Å². The fraction of sp³-hybridized carbons (Fsp3) is 0.103. The van der Waals surface area contributed by atoms with Crippen molar-refractivity contribution in [1.29, 1.82) is 0 Å². The Kier molecular flexibility index (Phi) is 6.74. The Balaban J connectivity index is 1.47. The van der Waals surface area contributed by atoms with Gasteiger partial charge in [0, 0.05) is 12.1 Å². The van der Waals surface area contributed by atoms with Crippen molar-refractivity contribution >= 4 is 0 Å². The van der Waals surface area contributed by atoms with Crippen LogP contribution in [0.2, 0.25) is 0 Å². The molecule has 0 bridgehead atoms. The van der Waals surface area contributed by atoms with E-state index in [1.54, 1.807) is 19.2 Å². The standard InChI is InChI=1S/C29H18F6N2O3/c1-39-25-12-8-18(9-13-25)17-6-10-24(11-7-17)37-26(27(38)40-36-37)20-4-2-19(3-5-20)21-14-22(28(30,31)32)16-23(15-21)29(33,34)35/h2-16H,1H3. The van der Waals surface area contributed by atoms with Crippen LogP contribution in [0.5, 0.6) is 11.7 Å². The van der Waals surface area contributed by atoms with E-state index in [-0.39, 0.29) is 22.9 Å². The minimum absolute atomic E-state index is 0.0313. The van der Waals surface area contributed by atoms with Crippen LogP contribution in [0.1, 0.15) is 11.1 Å². The number of halogens is 6. The van der Waals surface area contributed by atoms with Gasteiger partial charge in [0.1, 0.15) is 5.75 Å². The first kappa shape index (κ1) is 26.8. The van der Waals surface area contributed by atoms with E-state index < -0.39 is 29.4 Å². The number of rotatable bonds is 5. The van der Waals surface area contributed by atoms with Gasteiger partial charge in [-0.15, -0.1) is 0 Å². The van der Waals surface area contributed by atoms with Crippen LogP contribution in [-0.4, -0.2) is 12.4 Å². The number of aromatic nitrogens is 2. The quantitative estimate of drug-likeness (QED) is 0.172. The third-order valence-electron chi connectivity index (χ3n) is 6.23. The lowest BCUT2D eigenvalue weighted by molar-refractivity contribution is -0.660. The first-order valence-corrected chi connectivity index (χ1v) is 11.7. The summed E-state index contributed by atoms with van der Waals surface area (Å²) in [7, 11) is 1.57. The number of hydrogen-bond donors (Lipinski definition) is 0. The summed E-state index contributed by atoms with van der Waals surface area (Å²) in [6.07, 6.45) is -9.94. The number of hydrogen-bond acceptors (Lipinski definition) is 4. The van der Waals surface area contributed by atoms with Gasteiger partial charge in [0.15, 0.2) is 5.95 Å². The average molecular weight is 556 g/mol. The summed E-state index contributed by atoms with van der Waals surface area (Å²) in [5.74, 6) is -0.0589. The number of methoxy groups -OCH3 is 1. The average Bonchev–Trinajstić information content (AvgIpc) is 3.33. The summed E-state index contributed by atoms with van der Waals surface area (Å²) in [6, 6.07) is 21.3. The molecule has 0 aliphatic heterocycles. The fourth-order valence-corrected chi connectivity index (χ4v) is 4.19. The second-order valence-corrected chi connectivity index (χ2v) is 8.77. The molecule has 0 atom stereocenters. The zero-order valence-corrected chi connectivity index (χ0v) is 20.5. The van der Waals surface area contributed by atoms with E-state index in [0.717, 1.165) is 11.1 Å². The van der Waals surface area contributed by atoms with E-state index in [1.807, 2.05) is 36.4 Å². The van der Waals surface area contributed by atoms with Crippen LogP contribution in [-0.2, 0) is 12.4 Å². The van der Waals surface area contributed by atoms with E-state index in [2.05, 4.69) is 5.27 Å². The molecule has 0 unspecified atom stereocenters. The molecule has 0 amide bonds. The van der Waals surface area contributed by atoms with Crippen molar-refractivity contribution in [2.45, 2.75) is 12.4 Å². The molecule has 204 valence electrons. The van der Waals surface area contributed by atoms with Gasteiger partial charge in [0.2, 0.25) is 5.69 Å². The summed E-state index contributed by atoms with van der Waals surface area (Å²) in [6.45, 7) is 0. The number of alkyl halides is 6. The van der Waals surface area contributed by atoms with Crippen LogP contribution >= 0.6 is 0 Å². The monoisotopic (exact) mass is 556 g/mol. The molecule has 11 heteroatoms. The highest BCUT2D eigenvalue weighted by Gasteiger charge is 2.37. The lowest BCUT2D eigenvalue weighted by Crippen LogP contribution is -2.34. The Hall–Kier alpha value is -4.80. The molecule has 0 radical (unpaired) electrons. The van der Waals surface area contributed by atoms with Gasteiger partial charge in [-0.05, 0) is 81.5 Å². The molecule has 40 heavy (non-hydrogen) atoms. The first-order valence-electron chi connectivity index (χ1n) is 11.7. The molecular weight excluding hydrogens is 538 g/mol. The third kappa shape index (κ3) is 5.35. The van der Waals surface area contributed by atoms with E-state index in [4.69, 9.17) is 9.26 Å². The summed E-state index contributed by atoms with van der Waals surface area (Å²) < 4.78 is 91.0. The molecule has 5 nitrogen and oxygen atoms in total. The summed E-state index contributed by atoms with van der Waals surface area (Å²) in [5.41, 5.74) is -0.362. The molecule has 5 rings (SSSR count). The Morgan fingerprint density at radius 1 is 0.650 bits per heavy atom. The van der Waals surface area contributed by atoms with Gasteiger partial charge in [-0.25, -0.2) is 0 Å². The van der Waals surface area contributed by atoms with Crippen LogP contribution in [0.3, 0.4) is 0 Å². The van der Waals surface area contributed by atoms with Crippen LogP contribution in [0.15, 0.2) is 95.5 Å². The molecule has 0 saturated carbocycles. The van der Waals surface area contributed by atoms with Crippen molar-refractivity contribution in [3.8, 4) is 50.9 Å². The molecule has 5 aromatic rings. The minimum Gasteiger partial charge on any atom is -0.539 e. The summed E-state index contributed by atoms with van der Waals surface area (Å²) in [5, 5.41) is 16.3. The van der Waals surface area contributed by atoms with Crippen molar-refractivity contribution in [2.75, 3.05) is 7.11 Å². The van der Waals surface area contributed by atoms with Gasteiger partial charge < -0.3 is 14.4 Å². The predicted octanol–water partition coefficient (Wildman–Crippen LogP) is 7.07. The number of benzene rings is 4. The second kappa shape index (κ2) is 10.1. The molecule has 0 spiro atoms. The molecule has 1 aromatic heterocycles. The maximum atomic E-state index is 13.3. The molecule has 0 saturated heterocycles. The maximum absolute atomic E-state index is 13.3. The normalized spacial score (nSPS) is 12.0. The smallest absolute Gasteiger partial charge is 0.416 e. The van der Waals surface area contributed by atoms with E-state index in [1.165, 1.54) is 28.9 Å². The second-order valence-electron chi connectivity index (χ2n) is 8.77. The molecular formula is C29H18F6N2O3. The zero-order valence-electron chi connectivity index (χ0n) is 20.5. The predicted molar refractivity (Wildman–Crippen MR) is 130 cm³/mol. The number of ether oxygens (including phenoxy) is 1. The minimum atomic E-state index is -4.97. The lowest BCUT2D eigenvalue weighted by Gasteiger charge is -2.14. The Morgan fingerprint density at radius 3 is 1.60 bits per heavy atom. The van der Waals surface area contributed by atoms with Gasteiger partial charge in [0.05, 0.1) is 29.1 Å². The highest BCUT2D eigenvalue weighted by molar-refractivity contribution is 5.71. The highest BCUT2D eigenvalue weighted by Crippen LogP contribution is 2.39. The lowest BCUT2D eigenvalue weighted by atomic mass is 9.98. The first-order chi connectivity index (χ1) is 18.9. The molecule has 0 fully saturated rings. The van der Waals surface area contributed by atoms with Gasteiger partial charge in [-0.3, -0.25) is 0 Å². The van der Waals surface area contributed by atoms with Crippen LogP contribution in [0, 0.1) is 0 Å². The molecule has 1 heterocycles. The van der Waals surface area contributed by atoms with Gasteiger partial charge in [0.25, 0.3) is 5.69 Å². The Labute approximate surface area is 223 Å². The Bertz CT molecular complexity index is 1610. The fourth-order valence-electron chi connectivity index (χ4n) is 4.19. The number of nitrogens with zero attached hydrogens (tertiary/aromatic N) is 2. The summed E-state index contributed by atoms with van der Waals surface area (Å²) >= 11 is 0. The molecule has 4 aromatic carbocycles. The van der Waals surface area contributed by atoms with Crippen molar-refractivity contribution < 1.29 is 45.4 Å². The van der Waals surface area contributed by atoms with E-state index in [0.29, 0.717) is 29.1 Å². The van der Waals surface area contributed by atoms with Gasteiger partial charge >= 0.3 is 12.4 Å². The molecule has 0 N–H and O–H groups in total. The van der Waals surface area contributed by atoms with Crippen molar-refractivity contribution in [3.63, 3.8) is 0 Å². The van der Waals surface area contributed by atoms with Crippen LogP contribution in [0.25, 0.3) is 39.2 Å². The largest absolute Gasteiger partial charge is 0.539 e.